The second-order valence-corrected chi connectivity index (χ2v) is 7.27. The molecule has 0 bridgehead atoms. The molecule has 0 radical (unpaired) electrons. The monoisotopic (exact) mass is 301 g/mol. The van der Waals surface area contributed by atoms with Crippen LogP contribution in [-0.2, 0) is 14.8 Å². The number of halogens is 1. The second kappa shape index (κ2) is 4.82. The van der Waals surface area contributed by atoms with Crippen LogP contribution in [0.15, 0.2) is 23.1 Å². The van der Waals surface area contributed by atoms with Crippen LogP contribution >= 0.6 is 0 Å². The molecule has 1 saturated heterocycles. The van der Waals surface area contributed by atoms with Crippen molar-refractivity contribution >= 4 is 16.0 Å². The van der Waals surface area contributed by atoms with Gasteiger partial charge in [0.15, 0.2) is 0 Å². The van der Waals surface area contributed by atoms with Gasteiger partial charge in [-0.2, -0.15) is 4.31 Å². The summed E-state index contributed by atoms with van der Waals surface area (Å²) in [6.07, 6.45) is 0.246. The van der Waals surface area contributed by atoms with Gasteiger partial charge in [-0.15, -0.1) is 0 Å². The first-order valence-corrected chi connectivity index (χ1v) is 7.60. The van der Waals surface area contributed by atoms with E-state index in [4.69, 9.17) is 5.11 Å². The lowest BCUT2D eigenvalue weighted by Crippen LogP contribution is -2.35. The number of nitrogens with zero attached hydrogens (tertiary/aromatic N) is 1. The van der Waals surface area contributed by atoms with Crippen molar-refractivity contribution in [1.82, 2.24) is 4.31 Å². The smallest absolute Gasteiger partial charge is 0.310 e. The molecule has 20 heavy (non-hydrogen) atoms. The van der Waals surface area contributed by atoms with Crippen LogP contribution in [0.2, 0.25) is 0 Å². The number of carbonyl (C=O) groups is 1. The van der Waals surface area contributed by atoms with Crippen molar-refractivity contribution in [3.8, 4) is 0 Å². The molecule has 1 aromatic carbocycles. The lowest BCUT2D eigenvalue weighted by atomic mass is 9.90. The van der Waals surface area contributed by atoms with Gasteiger partial charge in [0.05, 0.1) is 10.3 Å². The molecule has 5 nitrogen and oxygen atoms in total. The zero-order chi connectivity index (χ0) is 15.1. The standard InChI is InChI=1S/C13H16FNO4S/c1-9-3-4-10(14)7-11(9)20(18,19)15-6-5-13(2,8-15)12(16)17/h3-4,7H,5-6,8H2,1-2H3,(H,16,17). The summed E-state index contributed by atoms with van der Waals surface area (Å²) in [5.41, 5.74) is -0.649. The number of rotatable bonds is 3. The zero-order valence-electron chi connectivity index (χ0n) is 11.3. The maximum Gasteiger partial charge on any atom is 0.310 e. The van der Waals surface area contributed by atoms with E-state index in [9.17, 15) is 17.6 Å². The van der Waals surface area contributed by atoms with Crippen molar-refractivity contribution in [2.45, 2.75) is 25.2 Å². The van der Waals surface area contributed by atoms with Crippen molar-refractivity contribution in [3.05, 3.63) is 29.6 Å². The SMILES string of the molecule is Cc1ccc(F)cc1S(=O)(=O)N1CCC(C)(C(=O)O)C1. The summed E-state index contributed by atoms with van der Waals surface area (Å²) in [7, 11) is -3.87. The zero-order valence-corrected chi connectivity index (χ0v) is 12.1. The van der Waals surface area contributed by atoms with E-state index in [-0.39, 0.29) is 24.4 Å². The number of hydrogen-bond donors (Lipinski definition) is 1. The minimum Gasteiger partial charge on any atom is -0.481 e. The Morgan fingerprint density at radius 1 is 1.45 bits per heavy atom. The van der Waals surface area contributed by atoms with Crippen LogP contribution in [0.1, 0.15) is 18.9 Å². The molecule has 1 atom stereocenters. The van der Waals surface area contributed by atoms with Gasteiger partial charge in [0, 0.05) is 13.1 Å². The molecular formula is C13H16FNO4S. The third kappa shape index (κ3) is 2.43. The number of carboxylic acid groups (broad SMARTS) is 1. The average Bonchev–Trinajstić information content (AvgIpc) is 2.77. The van der Waals surface area contributed by atoms with Crippen molar-refractivity contribution in [2.24, 2.45) is 5.41 Å². The van der Waals surface area contributed by atoms with E-state index in [0.717, 1.165) is 10.4 Å². The van der Waals surface area contributed by atoms with E-state index >= 15 is 0 Å². The van der Waals surface area contributed by atoms with Crippen LogP contribution < -0.4 is 0 Å². The molecule has 1 aromatic rings. The fraction of sp³-hybridized carbons (Fsp3) is 0.462. The number of aliphatic carboxylic acids is 1. The quantitative estimate of drug-likeness (QED) is 0.920. The minimum absolute atomic E-state index is 0.0966. The fourth-order valence-electron chi connectivity index (χ4n) is 2.29. The minimum atomic E-state index is -3.87. The molecule has 1 aliphatic rings. The largest absolute Gasteiger partial charge is 0.481 e. The molecule has 0 aliphatic carbocycles. The molecule has 0 amide bonds. The van der Waals surface area contributed by atoms with Crippen molar-refractivity contribution in [1.29, 1.82) is 0 Å². The van der Waals surface area contributed by atoms with Gasteiger partial charge in [0.2, 0.25) is 10.0 Å². The van der Waals surface area contributed by atoms with Gasteiger partial charge in [-0.25, -0.2) is 12.8 Å². The first-order chi connectivity index (χ1) is 9.17. The second-order valence-electron chi connectivity index (χ2n) is 5.36. The highest BCUT2D eigenvalue weighted by atomic mass is 32.2. The molecule has 0 spiro atoms. The van der Waals surface area contributed by atoms with Gasteiger partial charge in [-0.05, 0) is 38.0 Å². The summed E-state index contributed by atoms with van der Waals surface area (Å²) < 4.78 is 39.4. The first kappa shape index (κ1) is 14.9. The number of carboxylic acids is 1. The Morgan fingerprint density at radius 3 is 2.65 bits per heavy atom. The molecule has 110 valence electrons. The van der Waals surface area contributed by atoms with Crippen LogP contribution in [0.5, 0.6) is 0 Å². The lowest BCUT2D eigenvalue weighted by molar-refractivity contribution is -0.146. The van der Waals surface area contributed by atoms with E-state index in [1.807, 2.05) is 0 Å². The van der Waals surface area contributed by atoms with Crippen LogP contribution in [0.25, 0.3) is 0 Å². The fourth-order valence-corrected chi connectivity index (χ4v) is 4.09. The van der Waals surface area contributed by atoms with Gasteiger partial charge in [0.1, 0.15) is 5.82 Å². The van der Waals surface area contributed by atoms with Gasteiger partial charge < -0.3 is 5.11 Å². The van der Waals surface area contributed by atoms with Crippen LogP contribution in [-0.4, -0.2) is 36.9 Å². The van der Waals surface area contributed by atoms with Gasteiger partial charge in [0.25, 0.3) is 0 Å². The molecule has 1 heterocycles. The van der Waals surface area contributed by atoms with Gasteiger partial charge >= 0.3 is 5.97 Å². The topological polar surface area (TPSA) is 74.7 Å². The van der Waals surface area contributed by atoms with Crippen LogP contribution in [0, 0.1) is 18.2 Å². The Labute approximate surface area is 117 Å². The molecule has 7 heteroatoms. The summed E-state index contributed by atoms with van der Waals surface area (Å²) in [5, 5.41) is 9.14. The highest BCUT2D eigenvalue weighted by Gasteiger charge is 2.45. The number of aryl methyl sites for hydroxylation is 1. The molecule has 1 aliphatic heterocycles. The molecule has 0 aromatic heterocycles. The third-order valence-corrected chi connectivity index (χ3v) is 5.71. The van der Waals surface area contributed by atoms with E-state index < -0.39 is 27.2 Å². The molecule has 1 fully saturated rings. The highest BCUT2D eigenvalue weighted by molar-refractivity contribution is 7.89. The van der Waals surface area contributed by atoms with E-state index in [1.165, 1.54) is 19.1 Å². The van der Waals surface area contributed by atoms with E-state index in [1.54, 1.807) is 6.92 Å². The first-order valence-electron chi connectivity index (χ1n) is 6.16. The van der Waals surface area contributed by atoms with Crippen molar-refractivity contribution in [2.75, 3.05) is 13.1 Å². The Balaban J connectivity index is 2.38. The maximum atomic E-state index is 13.3. The Morgan fingerprint density at radius 2 is 2.10 bits per heavy atom. The number of hydrogen-bond acceptors (Lipinski definition) is 3. The summed E-state index contributed by atoms with van der Waals surface area (Å²) in [6, 6.07) is 3.56. The Bertz CT molecular complexity index is 658. The summed E-state index contributed by atoms with van der Waals surface area (Å²) >= 11 is 0. The van der Waals surface area contributed by atoms with Gasteiger partial charge in [-0.3, -0.25) is 4.79 Å². The normalized spacial score (nSPS) is 23.9. The van der Waals surface area contributed by atoms with Crippen LogP contribution in [0.3, 0.4) is 0 Å². The van der Waals surface area contributed by atoms with E-state index in [2.05, 4.69) is 0 Å². The number of sulfonamides is 1. The third-order valence-electron chi connectivity index (χ3n) is 3.72. The van der Waals surface area contributed by atoms with E-state index in [0.29, 0.717) is 5.56 Å². The molecule has 2 rings (SSSR count). The van der Waals surface area contributed by atoms with Crippen molar-refractivity contribution in [3.63, 3.8) is 0 Å². The number of benzene rings is 1. The average molecular weight is 301 g/mol. The Kier molecular flexibility index (Phi) is 3.60. The highest BCUT2D eigenvalue weighted by Crippen LogP contribution is 2.34. The lowest BCUT2D eigenvalue weighted by Gasteiger charge is -2.20. The predicted molar refractivity (Wildman–Crippen MR) is 70.3 cm³/mol. The summed E-state index contributed by atoms with van der Waals surface area (Å²) in [5.74, 6) is -1.65. The Hall–Kier alpha value is -1.47. The maximum absolute atomic E-state index is 13.3. The summed E-state index contributed by atoms with van der Waals surface area (Å²) in [4.78, 5) is 11.1. The molecular weight excluding hydrogens is 285 g/mol. The molecule has 1 unspecified atom stereocenters. The predicted octanol–water partition coefficient (Wildman–Crippen LogP) is 1.62. The molecule has 0 saturated carbocycles. The summed E-state index contributed by atoms with van der Waals surface area (Å²) in [6.45, 7) is 3.13. The molecule has 1 N–H and O–H groups in total. The van der Waals surface area contributed by atoms with Crippen LogP contribution in [0.4, 0.5) is 4.39 Å². The van der Waals surface area contributed by atoms with Crippen molar-refractivity contribution < 1.29 is 22.7 Å². The van der Waals surface area contributed by atoms with Gasteiger partial charge in [-0.1, -0.05) is 6.07 Å².